The van der Waals surface area contributed by atoms with E-state index in [0.29, 0.717) is 49.1 Å². The lowest BCUT2D eigenvalue weighted by Crippen LogP contribution is -2.48. The highest BCUT2D eigenvalue weighted by Gasteiger charge is 2.33. The lowest BCUT2D eigenvalue weighted by atomic mass is 9.99. The Morgan fingerprint density at radius 1 is 1.11 bits per heavy atom. The van der Waals surface area contributed by atoms with Crippen molar-refractivity contribution in [1.82, 2.24) is 10.2 Å². The van der Waals surface area contributed by atoms with Crippen LogP contribution in [-0.2, 0) is 9.53 Å². The molecule has 0 saturated carbocycles. The molecule has 0 bridgehead atoms. The number of ether oxygens (including phenoxy) is 2. The van der Waals surface area contributed by atoms with Crippen LogP contribution < -0.4 is 15.0 Å². The minimum Gasteiger partial charge on any atom is -0.489 e. The minimum atomic E-state index is -0.913. The number of hydrogen-bond donors (Lipinski definition) is 2. The Balaban J connectivity index is 1.25. The Bertz CT molecular complexity index is 1080. The molecule has 3 heterocycles. The van der Waals surface area contributed by atoms with Crippen molar-refractivity contribution < 1.29 is 23.8 Å². The Kier molecular flexibility index (Phi) is 9.05. The molecule has 2 aromatic rings. The second kappa shape index (κ2) is 12.6. The van der Waals surface area contributed by atoms with Crippen LogP contribution in [0.4, 0.5) is 10.1 Å². The van der Waals surface area contributed by atoms with Gasteiger partial charge in [-0.2, -0.15) is 0 Å². The molecule has 7 nitrogen and oxygen atoms in total. The second-order valence-corrected chi connectivity index (χ2v) is 11.0. The summed E-state index contributed by atoms with van der Waals surface area (Å²) in [6, 6.07) is 11.3. The highest BCUT2D eigenvalue weighted by Crippen LogP contribution is 2.32. The largest absolute Gasteiger partial charge is 0.489 e. The number of halogens is 2. The minimum absolute atomic E-state index is 0.0663. The molecule has 0 aliphatic carbocycles. The highest BCUT2D eigenvalue weighted by atomic mass is 35.5. The summed E-state index contributed by atoms with van der Waals surface area (Å²) in [7, 11) is 0. The molecule has 1 amide bonds. The third-order valence-electron chi connectivity index (χ3n) is 7.87. The number of benzene rings is 2. The molecule has 3 saturated heterocycles. The van der Waals surface area contributed by atoms with Gasteiger partial charge in [-0.05, 0) is 74.3 Å². The molecule has 3 atom stereocenters. The normalized spacial score (nSPS) is 22.4. The zero-order chi connectivity index (χ0) is 26.5. The number of aliphatic hydroxyl groups excluding tert-OH is 1. The van der Waals surface area contributed by atoms with Crippen LogP contribution in [0, 0.1) is 11.7 Å². The second-order valence-electron chi connectivity index (χ2n) is 10.6. The van der Waals surface area contributed by atoms with Gasteiger partial charge >= 0.3 is 0 Å². The molecule has 9 heteroatoms. The van der Waals surface area contributed by atoms with E-state index in [9.17, 15) is 14.3 Å². The summed E-state index contributed by atoms with van der Waals surface area (Å²) in [6.07, 6.45) is 3.75. The molecule has 3 aliphatic rings. The first-order chi connectivity index (χ1) is 18.5. The van der Waals surface area contributed by atoms with Gasteiger partial charge in [-0.15, -0.1) is 0 Å². The molecule has 2 aromatic carbocycles. The van der Waals surface area contributed by atoms with E-state index in [1.165, 1.54) is 12.1 Å². The summed E-state index contributed by atoms with van der Waals surface area (Å²) in [5.41, 5.74) is 1.56. The van der Waals surface area contributed by atoms with Crippen LogP contribution in [0.2, 0.25) is 5.02 Å². The van der Waals surface area contributed by atoms with Crippen molar-refractivity contribution in [2.24, 2.45) is 5.92 Å². The number of amides is 1. The molecule has 3 fully saturated rings. The van der Waals surface area contributed by atoms with Gasteiger partial charge in [0.1, 0.15) is 23.8 Å². The number of carbonyl (C=O) groups is 1. The fraction of sp³-hybridized carbons (Fsp3) is 0.552. The Labute approximate surface area is 228 Å². The first-order valence-electron chi connectivity index (χ1n) is 13.7. The van der Waals surface area contributed by atoms with Crippen molar-refractivity contribution >= 4 is 23.2 Å². The quantitative estimate of drug-likeness (QED) is 0.492. The van der Waals surface area contributed by atoms with Gasteiger partial charge in [0, 0.05) is 38.2 Å². The van der Waals surface area contributed by atoms with E-state index < -0.39 is 12.1 Å². The van der Waals surface area contributed by atoms with Gasteiger partial charge in [-0.25, -0.2) is 4.39 Å². The van der Waals surface area contributed by atoms with Crippen LogP contribution in [0.15, 0.2) is 42.5 Å². The van der Waals surface area contributed by atoms with Crippen LogP contribution >= 0.6 is 11.6 Å². The smallest absolute Gasteiger partial charge is 0.225 e. The molecule has 5 rings (SSSR count). The van der Waals surface area contributed by atoms with Gasteiger partial charge in [0.25, 0.3) is 0 Å². The van der Waals surface area contributed by atoms with Crippen molar-refractivity contribution in [3.05, 3.63) is 58.9 Å². The van der Waals surface area contributed by atoms with E-state index >= 15 is 0 Å². The molecular formula is C29H37ClFN3O4. The number of carbonyl (C=O) groups excluding carboxylic acids is 1. The maximum Gasteiger partial charge on any atom is 0.225 e. The van der Waals surface area contributed by atoms with Crippen LogP contribution in [0.1, 0.15) is 43.8 Å². The molecule has 3 aliphatic heterocycles. The molecule has 38 heavy (non-hydrogen) atoms. The van der Waals surface area contributed by atoms with Crippen LogP contribution in [0.5, 0.6) is 5.75 Å². The van der Waals surface area contributed by atoms with Gasteiger partial charge in [-0.1, -0.05) is 17.7 Å². The van der Waals surface area contributed by atoms with Crippen molar-refractivity contribution in [2.75, 3.05) is 50.8 Å². The molecule has 1 unspecified atom stereocenters. The maximum absolute atomic E-state index is 13.4. The van der Waals surface area contributed by atoms with Crippen molar-refractivity contribution in [3.8, 4) is 5.75 Å². The van der Waals surface area contributed by atoms with Crippen LogP contribution in [-0.4, -0.2) is 74.0 Å². The number of rotatable bonds is 9. The molecule has 0 spiro atoms. The van der Waals surface area contributed by atoms with Crippen LogP contribution in [0.25, 0.3) is 0 Å². The molecular weight excluding hydrogens is 509 g/mol. The Morgan fingerprint density at radius 3 is 2.55 bits per heavy atom. The summed E-state index contributed by atoms with van der Waals surface area (Å²) in [4.78, 5) is 17.7. The first kappa shape index (κ1) is 27.2. The summed E-state index contributed by atoms with van der Waals surface area (Å²) in [6.45, 7) is 5.14. The lowest BCUT2D eigenvalue weighted by molar-refractivity contribution is -0.126. The molecule has 206 valence electrons. The monoisotopic (exact) mass is 545 g/mol. The van der Waals surface area contributed by atoms with E-state index in [0.717, 1.165) is 51.0 Å². The van der Waals surface area contributed by atoms with Gasteiger partial charge in [0.15, 0.2) is 0 Å². The summed E-state index contributed by atoms with van der Waals surface area (Å²) in [5, 5.41) is 15.0. The van der Waals surface area contributed by atoms with E-state index in [4.69, 9.17) is 21.1 Å². The number of anilines is 1. The average Bonchev–Trinajstić information content (AvgIpc) is 3.63. The summed E-state index contributed by atoms with van der Waals surface area (Å²) in [5.74, 6) is 0.0568. The van der Waals surface area contributed by atoms with Crippen molar-refractivity contribution in [2.45, 2.75) is 50.4 Å². The lowest BCUT2D eigenvalue weighted by Gasteiger charge is -2.30. The van der Waals surface area contributed by atoms with Crippen LogP contribution in [0.3, 0.4) is 0 Å². The third-order valence-corrected chi connectivity index (χ3v) is 8.17. The van der Waals surface area contributed by atoms with Crippen molar-refractivity contribution in [3.63, 3.8) is 0 Å². The fourth-order valence-corrected chi connectivity index (χ4v) is 5.86. The first-order valence-corrected chi connectivity index (χ1v) is 14.1. The predicted octanol–water partition coefficient (Wildman–Crippen LogP) is 4.18. The van der Waals surface area contributed by atoms with Crippen molar-refractivity contribution in [1.29, 1.82) is 0 Å². The zero-order valence-corrected chi connectivity index (χ0v) is 22.4. The number of nitrogens with zero attached hydrogens (tertiary/aromatic N) is 2. The van der Waals surface area contributed by atoms with Gasteiger partial charge < -0.3 is 29.7 Å². The van der Waals surface area contributed by atoms with E-state index in [1.807, 2.05) is 12.1 Å². The van der Waals surface area contributed by atoms with E-state index in [2.05, 4.69) is 15.1 Å². The van der Waals surface area contributed by atoms with Gasteiger partial charge in [0.05, 0.1) is 30.2 Å². The highest BCUT2D eigenvalue weighted by molar-refractivity contribution is 6.32. The number of aliphatic hydroxyl groups is 1. The van der Waals surface area contributed by atoms with Gasteiger partial charge in [0.2, 0.25) is 5.91 Å². The third kappa shape index (κ3) is 6.78. The average molecular weight is 546 g/mol. The standard InChI is InChI=1S/C29H37ClFN3O4/c30-25-17-20(3-8-27(25)38-24-10-15-37-16-11-24)28(35)26(19-33-12-1-2-13-33)32-29(36)21-9-14-34(18-21)23-6-4-22(31)5-7-23/h3-8,17,21,24,26,28,35H,1-2,9-16,18-19H2,(H,32,36)/t21?,26-,28-/m1/s1. The van der Waals surface area contributed by atoms with E-state index in [1.54, 1.807) is 18.2 Å². The maximum atomic E-state index is 13.4. The Hall–Kier alpha value is -2.39. The molecule has 0 aromatic heterocycles. The zero-order valence-electron chi connectivity index (χ0n) is 21.7. The fourth-order valence-electron chi connectivity index (χ4n) is 5.63. The van der Waals surface area contributed by atoms with Gasteiger partial charge in [-0.3, -0.25) is 4.79 Å². The summed E-state index contributed by atoms with van der Waals surface area (Å²) < 4.78 is 24.8. The van der Waals surface area contributed by atoms with E-state index in [-0.39, 0.29) is 23.7 Å². The molecule has 0 radical (unpaired) electrons. The number of likely N-dealkylation sites (tertiary alicyclic amines) is 1. The molecule has 2 N–H and O–H groups in total. The summed E-state index contributed by atoms with van der Waals surface area (Å²) >= 11 is 6.57. The Morgan fingerprint density at radius 2 is 1.84 bits per heavy atom. The predicted molar refractivity (Wildman–Crippen MR) is 145 cm³/mol. The number of nitrogens with one attached hydrogen (secondary N) is 1. The number of hydrogen-bond acceptors (Lipinski definition) is 6. The SMILES string of the molecule is O=C(N[C@H](CN1CCCC1)[C@H](O)c1ccc(OC2CCOCC2)c(Cl)c1)C1CCN(c2ccc(F)cc2)C1. The topological polar surface area (TPSA) is 74.3 Å².